The second kappa shape index (κ2) is 4.23. The standard InChI is InChI=1S/C11H17NO4/c1-4-7(5-9(14)15)12-8(13)6-11(2,3)10(12)16/h7H,4-6H2,1-3H3,(H,14,15). The molecule has 1 atom stereocenters. The highest BCUT2D eigenvalue weighted by atomic mass is 16.4. The molecule has 90 valence electrons. The lowest BCUT2D eigenvalue weighted by Gasteiger charge is -2.25. The van der Waals surface area contributed by atoms with Gasteiger partial charge in [0.15, 0.2) is 0 Å². The molecule has 0 aromatic carbocycles. The molecule has 0 bridgehead atoms. The third-order valence-electron chi connectivity index (χ3n) is 2.91. The Morgan fingerprint density at radius 1 is 1.50 bits per heavy atom. The van der Waals surface area contributed by atoms with Gasteiger partial charge in [-0.15, -0.1) is 0 Å². The van der Waals surface area contributed by atoms with Gasteiger partial charge in [0, 0.05) is 12.5 Å². The summed E-state index contributed by atoms with van der Waals surface area (Å²) in [6.45, 7) is 5.20. The van der Waals surface area contributed by atoms with E-state index in [4.69, 9.17) is 5.11 Å². The van der Waals surface area contributed by atoms with Gasteiger partial charge in [-0.3, -0.25) is 19.3 Å². The van der Waals surface area contributed by atoms with Crippen molar-refractivity contribution in [2.45, 2.75) is 46.1 Å². The number of amides is 2. The molecule has 1 aliphatic rings. The van der Waals surface area contributed by atoms with Crippen molar-refractivity contribution in [3.05, 3.63) is 0 Å². The summed E-state index contributed by atoms with van der Waals surface area (Å²) in [5.74, 6) is -1.51. The largest absolute Gasteiger partial charge is 0.481 e. The topological polar surface area (TPSA) is 74.7 Å². The van der Waals surface area contributed by atoms with Crippen LogP contribution in [0.3, 0.4) is 0 Å². The van der Waals surface area contributed by atoms with E-state index in [1.54, 1.807) is 20.8 Å². The van der Waals surface area contributed by atoms with Crippen LogP contribution in [0, 0.1) is 5.41 Å². The highest BCUT2D eigenvalue weighted by Crippen LogP contribution is 2.34. The molecule has 16 heavy (non-hydrogen) atoms. The Balaban J connectivity index is 2.90. The summed E-state index contributed by atoms with van der Waals surface area (Å²) >= 11 is 0. The first kappa shape index (κ1) is 12.7. The Hall–Kier alpha value is -1.39. The lowest BCUT2D eigenvalue weighted by molar-refractivity contribution is -0.146. The van der Waals surface area contributed by atoms with E-state index < -0.39 is 17.4 Å². The van der Waals surface area contributed by atoms with Crippen molar-refractivity contribution >= 4 is 17.8 Å². The lowest BCUT2D eigenvalue weighted by Crippen LogP contribution is -2.42. The molecular formula is C11H17NO4. The summed E-state index contributed by atoms with van der Waals surface area (Å²) in [5, 5.41) is 8.73. The van der Waals surface area contributed by atoms with Gasteiger partial charge in [0.2, 0.25) is 11.8 Å². The molecular weight excluding hydrogens is 210 g/mol. The lowest BCUT2D eigenvalue weighted by atomic mass is 9.92. The maximum absolute atomic E-state index is 11.9. The van der Waals surface area contributed by atoms with E-state index in [1.165, 1.54) is 0 Å². The molecule has 1 saturated heterocycles. The first-order valence-corrected chi connectivity index (χ1v) is 5.38. The molecule has 1 unspecified atom stereocenters. The number of carboxylic acids is 1. The van der Waals surface area contributed by atoms with Crippen LogP contribution < -0.4 is 0 Å². The molecule has 1 aliphatic heterocycles. The van der Waals surface area contributed by atoms with Gasteiger partial charge in [-0.05, 0) is 6.42 Å². The Kier molecular flexibility index (Phi) is 3.35. The fourth-order valence-electron chi connectivity index (χ4n) is 1.97. The van der Waals surface area contributed by atoms with Crippen molar-refractivity contribution in [2.24, 2.45) is 5.41 Å². The first-order chi connectivity index (χ1) is 7.29. The van der Waals surface area contributed by atoms with Crippen LogP contribution in [0.4, 0.5) is 0 Å². The first-order valence-electron chi connectivity index (χ1n) is 5.38. The van der Waals surface area contributed by atoms with E-state index in [0.717, 1.165) is 4.90 Å². The minimum absolute atomic E-state index is 0.169. The quantitative estimate of drug-likeness (QED) is 0.728. The zero-order chi connectivity index (χ0) is 12.5. The summed E-state index contributed by atoms with van der Waals surface area (Å²) < 4.78 is 0. The summed E-state index contributed by atoms with van der Waals surface area (Å²) in [6, 6.07) is -0.515. The van der Waals surface area contributed by atoms with Crippen LogP contribution in [0.5, 0.6) is 0 Å². The van der Waals surface area contributed by atoms with Crippen molar-refractivity contribution in [3.63, 3.8) is 0 Å². The number of nitrogens with zero attached hydrogens (tertiary/aromatic N) is 1. The van der Waals surface area contributed by atoms with Crippen LogP contribution in [0.15, 0.2) is 0 Å². The highest BCUT2D eigenvalue weighted by Gasteiger charge is 2.47. The van der Waals surface area contributed by atoms with Gasteiger partial charge in [-0.25, -0.2) is 0 Å². The van der Waals surface area contributed by atoms with Crippen molar-refractivity contribution < 1.29 is 19.5 Å². The molecule has 1 N–H and O–H groups in total. The van der Waals surface area contributed by atoms with Crippen molar-refractivity contribution in [2.75, 3.05) is 0 Å². The predicted molar refractivity (Wildman–Crippen MR) is 56.6 cm³/mol. The Bertz CT molecular complexity index is 335. The van der Waals surface area contributed by atoms with E-state index in [2.05, 4.69) is 0 Å². The normalized spacial score (nSPS) is 21.3. The number of likely N-dealkylation sites (tertiary alicyclic amines) is 1. The van der Waals surface area contributed by atoms with Gasteiger partial charge in [0.1, 0.15) is 0 Å². The molecule has 2 amide bonds. The molecule has 0 saturated carbocycles. The molecule has 5 nitrogen and oxygen atoms in total. The highest BCUT2D eigenvalue weighted by molar-refractivity contribution is 6.06. The van der Waals surface area contributed by atoms with E-state index in [9.17, 15) is 14.4 Å². The predicted octanol–water partition coefficient (Wildman–Crippen LogP) is 1.02. The van der Waals surface area contributed by atoms with E-state index in [0.29, 0.717) is 6.42 Å². The van der Waals surface area contributed by atoms with Crippen molar-refractivity contribution in [1.29, 1.82) is 0 Å². The smallest absolute Gasteiger partial charge is 0.305 e. The van der Waals surface area contributed by atoms with Crippen molar-refractivity contribution in [3.8, 4) is 0 Å². The van der Waals surface area contributed by atoms with Gasteiger partial charge in [-0.1, -0.05) is 20.8 Å². The molecule has 0 radical (unpaired) electrons. The number of imide groups is 1. The Labute approximate surface area is 94.4 Å². The van der Waals surface area contributed by atoms with E-state index >= 15 is 0 Å². The average Bonchev–Trinajstić information content (AvgIpc) is 2.33. The number of hydrogen-bond donors (Lipinski definition) is 1. The number of rotatable bonds is 4. The fourth-order valence-corrected chi connectivity index (χ4v) is 1.97. The molecule has 0 aromatic rings. The minimum atomic E-state index is -0.989. The van der Waals surface area contributed by atoms with Crippen LogP contribution in [-0.2, 0) is 14.4 Å². The van der Waals surface area contributed by atoms with Crippen LogP contribution in [0.2, 0.25) is 0 Å². The minimum Gasteiger partial charge on any atom is -0.481 e. The number of carboxylic acid groups (broad SMARTS) is 1. The third-order valence-corrected chi connectivity index (χ3v) is 2.91. The van der Waals surface area contributed by atoms with Gasteiger partial charge < -0.3 is 5.11 Å². The second-order valence-corrected chi connectivity index (χ2v) is 4.79. The Morgan fingerprint density at radius 3 is 2.38 bits per heavy atom. The summed E-state index contributed by atoms with van der Waals surface area (Å²) in [7, 11) is 0. The van der Waals surface area contributed by atoms with E-state index in [-0.39, 0.29) is 24.7 Å². The maximum Gasteiger partial charge on any atom is 0.305 e. The van der Waals surface area contributed by atoms with Crippen LogP contribution in [0.1, 0.15) is 40.0 Å². The fraction of sp³-hybridized carbons (Fsp3) is 0.727. The Morgan fingerprint density at radius 2 is 2.06 bits per heavy atom. The molecule has 5 heteroatoms. The molecule has 0 spiro atoms. The monoisotopic (exact) mass is 227 g/mol. The number of carbonyl (C=O) groups is 3. The van der Waals surface area contributed by atoms with Gasteiger partial charge in [0.05, 0.1) is 11.8 Å². The molecule has 0 aliphatic carbocycles. The van der Waals surface area contributed by atoms with Crippen molar-refractivity contribution in [1.82, 2.24) is 4.90 Å². The molecule has 1 fully saturated rings. The number of carbonyl (C=O) groups excluding carboxylic acids is 2. The summed E-state index contributed by atoms with van der Waals surface area (Å²) in [4.78, 5) is 35.4. The summed E-state index contributed by atoms with van der Waals surface area (Å²) in [5.41, 5.74) is -0.691. The van der Waals surface area contributed by atoms with Crippen LogP contribution >= 0.6 is 0 Å². The third kappa shape index (κ3) is 2.23. The molecule has 1 rings (SSSR count). The average molecular weight is 227 g/mol. The maximum atomic E-state index is 11.9. The number of hydrogen-bond acceptors (Lipinski definition) is 3. The summed E-state index contributed by atoms with van der Waals surface area (Å²) in [6.07, 6.45) is 0.464. The van der Waals surface area contributed by atoms with Gasteiger partial charge in [0.25, 0.3) is 0 Å². The number of aliphatic carboxylic acids is 1. The molecule has 0 aromatic heterocycles. The van der Waals surface area contributed by atoms with Gasteiger partial charge >= 0.3 is 5.97 Å². The zero-order valence-electron chi connectivity index (χ0n) is 9.82. The van der Waals surface area contributed by atoms with Crippen LogP contribution in [-0.4, -0.2) is 33.8 Å². The van der Waals surface area contributed by atoms with Gasteiger partial charge in [-0.2, -0.15) is 0 Å². The molecule has 1 heterocycles. The second-order valence-electron chi connectivity index (χ2n) is 4.79. The zero-order valence-corrected chi connectivity index (χ0v) is 9.82. The SMILES string of the molecule is CCC(CC(=O)O)N1C(=O)CC(C)(C)C1=O. The van der Waals surface area contributed by atoms with E-state index in [1.807, 2.05) is 0 Å². The van der Waals surface area contributed by atoms with Crippen LogP contribution in [0.25, 0.3) is 0 Å².